The van der Waals surface area contributed by atoms with Crippen LogP contribution in [0.4, 0.5) is 11.4 Å². The van der Waals surface area contributed by atoms with E-state index >= 15 is 0 Å². The van der Waals surface area contributed by atoms with Gasteiger partial charge >= 0.3 is 0 Å². The Balaban J connectivity index is 2.19. The molecule has 1 aliphatic heterocycles. The number of hydrogen-bond acceptors (Lipinski definition) is 4. The van der Waals surface area contributed by atoms with Crippen LogP contribution in [0.5, 0.6) is 0 Å². The number of nitrogens with two attached hydrogens (primary N) is 1. The smallest absolute Gasteiger partial charge is 0.0980 e. The van der Waals surface area contributed by atoms with Crippen LogP contribution in [0.15, 0.2) is 18.2 Å². The molecule has 1 aromatic rings. The summed E-state index contributed by atoms with van der Waals surface area (Å²) >= 11 is 5.94. The molecular formula is C11H15ClN2O2. The lowest BCUT2D eigenvalue weighted by molar-refractivity contribution is 0.00360. The van der Waals surface area contributed by atoms with Crippen LogP contribution in [0.2, 0.25) is 5.02 Å². The highest BCUT2D eigenvalue weighted by molar-refractivity contribution is 6.31. The molecule has 3 N–H and O–H groups in total. The second-order valence-electron chi connectivity index (χ2n) is 3.82. The predicted molar refractivity (Wildman–Crippen MR) is 64.9 cm³/mol. The standard InChI is InChI=1S/C11H15ClN2O2/c12-8-1-2-10(13)11(5-8)14-3-4-16-9(6-14)7-15/h1-2,5,9,15H,3-4,6-7,13H2. The number of morpholine rings is 1. The lowest BCUT2D eigenvalue weighted by Crippen LogP contribution is -2.44. The van der Waals surface area contributed by atoms with Gasteiger partial charge in [-0.3, -0.25) is 0 Å². The van der Waals surface area contributed by atoms with Crippen molar-refractivity contribution in [1.82, 2.24) is 0 Å². The van der Waals surface area contributed by atoms with Gasteiger partial charge in [0.15, 0.2) is 0 Å². The van der Waals surface area contributed by atoms with Crippen LogP contribution in [0, 0.1) is 0 Å². The molecule has 0 radical (unpaired) electrons. The number of hydrogen-bond donors (Lipinski definition) is 2. The minimum Gasteiger partial charge on any atom is -0.397 e. The number of nitrogens with zero attached hydrogens (tertiary/aromatic N) is 1. The van der Waals surface area contributed by atoms with E-state index in [9.17, 15) is 0 Å². The van der Waals surface area contributed by atoms with E-state index in [1.165, 1.54) is 0 Å². The average Bonchev–Trinajstić information content (AvgIpc) is 2.32. The highest BCUT2D eigenvalue weighted by Crippen LogP contribution is 2.28. The van der Waals surface area contributed by atoms with Crippen molar-refractivity contribution in [2.75, 3.05) is 36.9 Å². The van der Waals surface area contributed by atoms with Gasteiger partial charge in [0.25, 0.3) is 0 Å². The van der Waals surface area contributed by atoms with E-state index in [2.05, 4.69) is 4.90 Å². The van der Waals surface area contributed by atoms with Crippen LogP contribution >= 0.6 is 11.6 Å². The van der Waals surface area contributed by atoms with Crippen LogP contribution in [0.1, 0.15) is 0 Å². The molecule has 0 spiro atoms. The lowest BCUT2D eigenvalue weighted by atomic mass is 10.2. The fourth-order valence-electron chi connectivity index (χ4n) is 1.84. The van der Waals surface area contributed by atoms with Crippen LogP contribution in [-0.4, -0.2) is 37.5 Å². The summed E-state index contributed by atoms with van der Waals surface area (Å²) in [4.78, 5) is 2.09. The summed E-state index contributed by atoms with van der Waals surface area (Å²) < 4.78 is 5.38. The van der Waals surface area contributed by atoms with Crippen LogP contribution in [0.3, 0.4) is 0 Å². The van der Waals surface area contributed by atoms with Gasteiger partial charge in [0.2, 0.25) is 0 Å². The van der Waals surface area contributed by atoms with Crippen molar-refractivity contribution in [2.24, 2.45) is 0 Å². The van der Waals surface area contributed by atoms with Crippen LogP contribution < -0.4 is 10.6 Å². The van der Waals surface area contributed by atoms with Gasteiger partial charge in [-0.2, -0.15) is 0 Å². The van der Waals surface area contributed by atoms with Crippen LogP contribution in [-0.2, 0) is 4.74 Å². The second-order valence-corrected chi connectivity index (χ2v) is 4.26. The molecule has 16 heavy (non-hydrogen) atoms. The highest BCUT2D eigenvalue weighted by Gasteiger charge is 2.21. The molecule has 0 amide bonds. The molecule has 4 nitrogen and oxygen atoms in total. The van der Waals surface area contributed by atoms with Crippen molar-refractivity contribution in [2.45, 2.75) is 6.10 Å². The zero-order chi connectivity index (χ0) is 11.5. The number of halogens is 1. The summed E-state index contributed by atoms with van der Waals surface area (Å²) in [7, 11) is 0. The topological polar surface area (TPSA) is 58.7 Å². The highest BCUT2D eigenvalue weighted by atomic mass is 35.5. The number of aliphatic hydroxyl groups is 1. The lowest BCUT2D eigenvalue weighted by Gasteiger charge is -2.34. The Labute approximate surface area is 99.6 Å². The van der Waals surface area contributed by atoms with Gasteiger partial charge in [0.1, 0.15) is 0 Å². The Bertz CT molecular complexity index is 373. The van der Waals surface area contributed by atoms with Gasteiger partial charge in [0.05, 0.1) is 30.7 Å². The zero-order valence-electron chi connectivity index (χ0n) is 8.90. The molecule has 2 rings (SSSR count). The third-order valence-electron chi connectivity index (χ3n) is 2.68. The summed E-state index contributed by atoms with van der Waals surface area (Å²) in [5, 5.41) is 9.73. The van der Waals surface area contributed by atoms with Gasteiger partial charge in [0, 0.05) is 18.1 Å². The van der Waals surface area contributed by atoms with E-state index in [1.807, 2.05) is 6.07 Å². The molecule has 1 aliphatic rings. The minimum atomic E-state index is -0.146. The number of nitrogen functional groups attached to an aromatic ring is 1. The van der Waals surface area contributed by atoms with Crippen LogP contribution in [0.25, 0.3) is 0 Å². The van der Waals surface area contributed by atoms with Crippen molar-refractivity contribution in [3.8, 4) is 0 Å². The van der Waals surface area contributed by atoms with E-state index in [0.717, 1.165) is 12.2 Å². The number of aliphatic hydroxyl groups excluding tert-OH is 1. The SMILES string of the molecule is Nc1ccc(Cl)cc1N1CCOC(CO)C1. The molecule has 1 fully saturated rings. The van der Waals surface area contributed by atoms with Gasteiger partial charge < -0.3 is 20.5 Å². The molecule has 1 saturated heterocycles. The normalized spacial score (nSPS) is 21.1. The molecular weight excluding hydrogens is 228 g/mol. The van der Waals surface area contributed by atoms with Crippen molar-refractivity contribution >= 4 is 23.0 Å². The molecule has 1 atom stereocenters. The molecule has 5 heteroatoms. The Morgan fingerprint density at radius 1 is 1.56 bits per heavy atom. The molecule has 0 aliphatic carbocycles. The monoisotopic (exact) mass is 242 g/mol. The summed E-state index contributed by atoms with van der Waals surface area (Å²) in [6.45, 7) is 2.02. The van der Waals surface area contributed by atoms with E-state index in [4.69, 9.17) is 27.2 Å². The third kappa shape index (κ3) is 2.40. The summed E-state index contributed by atoms with van der Waals surface area (Å²) in [6.07, 6.45) is -0.146. The maximum Gasteiger partial charge on any atom is 0.0980 e. The fraction of sp³-hybridized carbons (Fsp3) is 0.455. The van der Waals surface area contributed by atoms with Crippen molar-refractivity contribution in [3.05, 3.63) is 23.2 Å². The second kappa shape index (κ2) is 4.91. The van der Waals surface area contributed by atoms with Crippen molar-refractivity contribution in [1.29, 1.82) is 0 Å². The number of ether oxygens (including phenoxy) is 1. The quantitative estimate of drug-likeness (QED) is 0.763. The zero-order valence-corrected chi connectivity index (χ0v) is 9.65. The average molecular weight is 243 g/mol. The molecule has 88 valence electrons. The largest absolute Gasteiger partial charge is 0.397 e. The molecule has 0 saturated carbocycles. The molecule has 0 bridgehead atoms. The van der Waals surface area contributed by atoms with E-state index < -0.39 is 0 Å². The van der Waals surface area contributed by atoms with E-state index in [-0.39, 0.29) is 12.7 Å². The van der Waals surface area contributed by atoms with E-state index in [0.29, 0.717) is 23.9 Å². The third-order valence-corrected chi connectivity index (χ3v) is 2.91. The molecule has 1 heterocycles. The van der Waals surface area contributed by atoms with Gasteiger partial charge in [-0.25, -0.2) is 0 Å². The fourth-order valence-corrected chi connectivity index (χ4v) is 2.01. The van der Waals surface area contributed by atoms with Crippen molar-refractivity contribution in [3.63, 3.8) is 0 Å². The number of rotatable bonds is 2. The molecule has 0 aromatic heterocycles. The minimum absolute atomic E-state index is 0.0248. The summed E-state index contributed by atoms with van der Waals surface area (Å²) in [5.74, 6) is 0. The van der Waals surface area contributed by atoms with Crippen molar-refractivity contribution < 1.29 is 9.84 Å². The predicted octanol–water partition coefficient (Wildman–Crippen LogP) is 1.12. The first kappa shape index (κ1) is 11.5. The van der Waals surface area contributed by atoms with E-state index in [1.54, 1.807) is 12.1 Å². The number of benzene rings is 1. The Kier molecular flexibility index (Phi) is 3.53. The first-order chi connectivity index (χ1) is 7.70. The number of anilines is 2. The van der Waals surface area contributed by atoms with Gasteiger partial charge in [-0.05, 0) is 18.2 Å². The first-order valence-electron chi connectivity index (χ1n) is 5.23. The molecule has 1 unspecified atom stereocenters. The summed E-state index contributed by atoms with van der Waals surface area (Å²) in [5.41, 5.74) is 7.51. The Hall–Kier alpha value is -0.970. The first-order valence-corrected chi connectivity index (χ1v) is 5.61. The van der Waals surface area contributed by atoms with Gasteiger partial charge in [-0.1, -0.05) is 11.6 Å². The maximum atomic E-state index is 9.07. The Morgan fingerprint density at radius 3 is 3.12 bits per heavy atom. The summed E-state index contributed by atoms with van der Waals surface area (Å²) in [6, 6.07) is 5.40. The van der Waals surface area contributed by atoms with Gasteiger partial charge in [-0.15, -0.1) is 0 Å². The maximum absolute atomic E-state index is 9.07. The Morgan fingerprint density at radius 2 is 2.38 bits per heavy atom. The molecule has 1 aromatic carbocycles.